The van der Waals surface area contributed by atoms with E-state index in [2.05, 4.69) is 29.0 Å². The number of fused-ring (bicyclic) bond motifs is 1. The second-order valence-electron chi connectivity index (χ2n) is 5.72. The molecule has 5 heteroatoms. The van der Waals surface area contributed by atoms with Crippen LogP contribution in [0.15, 0.2) is 18.2 Å². The minimum Gasteiger partial charge on any atom is -0.361 e. The largest absolute Gasteiger partial charge is 0.361 e. The third-order valence-corrected chi connectivity index (χ3v) is 4.44. The smallest absolute Gasteiger partial charge is 0.243 e. The lowest BCUT2D eigenvalue weighted by Crippen LogP contribution is -2.38. The van der Waals surface area contributed by atoms with Gasteiger partial charge in [-0.3, -0.25) is 4.79 Å². The molecule has 0 saturated carbocycles. The molecule has 0 atom stereocenters. The second kappa shape index (κ2) is 8.39. The van der Waals surface area contributed by atoms with Gasteiger partial charge in [0.2, 0.25) is 5.91 Å². The fourth-order valence-electron chi connectivity index (χ4n) is 2.89. The first-order valence-corrected chi connectivity index (χ1v) is 8.58. The van der Waals surface area contributed by atoms with E-state index in [4.69, 9.17) is 11.6 Å². The Bertz CT molecular complexity index is 503. The molecule has 1 aliphatic heterocycles. The van der Waals surface area contributed by atoms with Crippen LogP contribution in [0.5, 0.6) is 0 Å². The van der Waals surface area contributed by atoms with Gasteiger partial charge in [-0.05, 0) is 50.7 Å². The van der Waals surface area contributed by atoms with Gasteiger partial charge in [-0.25, -0.2) is 0 Å². The highest BCUT2D eigenvalue weighted by Gasteiger charge is 2.21. The second-order valence-corrected chi connectivity index (χ2v) is 6.16. The van der Waals surface area contributed by atoms with Crippen LogP contribution in [0.2, 0.25) is 5.02 Å². The zero-order valence-electron chi connectivity index (χ0n) is 13.6. The molecule has 1 aromatic carbocycles. The number of hydrogen-bond donors (Lipinski definition) is 1. The number of hydrogen-bond acceptors (Lipinski definition) is 3. The summed E-state index contributed by atoms with van der Waals surface area (Å²) >= 11 is 6.00. The lowest BCUT2D eigenvalue weighted by Gasteiger charge is -2.31. The first-order chi connectivity index (χ1) is 10.6. The molecule has 0 radical (unpaired) electrons. The fraction of sp³-hybridized carbons (Fsp3) is 0.588. The predicted molar refractivity (Wildman–Crippen MR) is 93.9 cm³/mol. The summed E-state index contributed by atoms with van der Waals surface area (Å²) in [5.41, 5.74) is 1.90. The number of nitrogens with zero attached hydrogens (tertiary/aromatic N) is 2. The number of amides is 1. The summed E-state index contributed by atoms with van der Waals surface area (Å²) in [5.74, 6) is 0.0397. The molecule has 0 fully saturated rings. The summed E-state index contributed by atoms with van der Waals surface area (Å²) in [7, 11) is 0. The van der Waals surface area contributed by atoms with Crippen LogP contribution < -0.4 is 10.2 Å². The van der Waals surface area contributed by atoms with E-state index in [-0.39, 0.29) is 5.91 Å². The van der Waals surface area contributed by atoms with Crippen molar-refractivity contribution in [3.05, 3.63) is 23.2 Å². The zero-order valence-corrected chi connectivity index (χ0v) is 14.3. The van der Waals surface area contributed by atoms with Crippen molar-refractivity contribution in [1.29, 1.82) is 0 Å². The number of carbonyl (C=O) groups excluding carboxylic acids is 1. The van der Waals surface area contributed by atoms with Crippen molar-refractivity contribution in [2.45, 2.75) is 33.1 Å². The van der Waals surface area contributed by atoms with E-state index < -0.39 is 0 Å². The van der Waals surface area contributed by atoms with Crippen LogP contribution in [-0.2, 0) is 4.79 Å². The molecule has 1 heterocycles. The van der Waals surface area contributed by atoms with Crippen molar-refractivity contribution in [2.75, 3.05) is 42.9 Å². The number of halogens is 1. The van der Waals surface area contributed by atoms with Gasteiger partial charge in [-0.1, -0.05) is 31.9 Å². The Kier molecular flexibility index (Phi) is 6.52. The van der Waals surface area contributed by atoms with Gasteiger partial charge in [0.15, 0.2) is 0 Å². The molecule has 122 valence electrons. The summed E-state index contributed by atoms with van der Waals surface area (Å²) in [6.07, 6.45) is 3.52. The molecule has 0 bridgehead atoms. The van der Waals surface area contributed by atoms with Crippen LogP contribution in [0.4, 0.5) is 11.4 Å². The fourth-order valence-corrected chi connectivity index (χ4v) is 3.06. The number of anilines is 2. The molecule has 0 spiro atoms. The maximum Gasteiger partial charge on any atom is 0.243 e. The molecule has 1 aliphatic rings. The SMILES string of the molecule is CCN(CC)CCCCCN1CC(=O)Nc2cc(Cl)ccc21. The molecular formula is C17H26ClN3O. The number of nitrogens with one attached hydrogen (secondary N) is 1. The van der Waals surface area contributed by atoms with Gasteiger partial charge in [0.25, 0.3) is 0 Å². The summed E-state index contributed by atoms with van der Waals surface area (Å²) in [5, 5.41) is 3.54. The van der Waals surface area contributed by atoms with Gasteiger partial charge < -0.3 is 15.1 Å². The molecule has 0 saturated heterocycles. The number of unbranched alkanes of at least 4 members (excludes halogenated alkanes) is 2. The molecule has 1 aromatic rings. The molecule has 0 aliphatic carbocycles. The predicted octanol–water partition coefficient (Wildman–Crippen LogP) is 3.61. The van der Waals surface area contributed by atoms with E-state index >= 15 is 0 Å². The van der Waals surface area contributed by atoms with Crippen LogP contribution >= 0.6 is 11.6 Å². The van der Waals surface area contributed by atoms with Gasteiger partial charge in [0.1, 0.15) is 0 Å². The maximum atomic E-state index is 11.8. The Balaban J connectivity index is 1.82. The highest BCUT2D eigenvalue weighted by molar-refractivity contribution is 6.31. The normalized spacial score (nSPS) is 14.2. The Morgan fingerprint density at radius 3 is 2.73 bits per heavy atom. The molecule has 1 amide bonds. The van der Waals surface area contributed by atoms with Crippen molar-refractivity contribution in [1.82, 2.24) is 4.90 Å². The van der Waals surface area contributed by atoms with E-state index in [1.165, 1.54) is 19.4 Å². The van der Waals surface area contributed by atoms with Crippen LogP contribution in [0.1, 0.15) is 33.1 Å². The van der Waals surface area contributed by atoms with Gasteiger partial charge in [0, 0.05) is 11.6 Å². The molecule has 1 N–H and O–H groups in total. The average molecular weight is 324 g/mol. The van der Waals surface area contributed by atoms with Crippen LogP contribution in [-0.4, -0.2) is 43.5 Å². The van der Waals surface area contributed by atoms with Crippen molar-refractivity contribution in [3.63, 3.8) is 0 Å². The third-order valence-electron chi connectivity index (χ3n) is 4.20. The van der Waals surface area contributed by atoms with E-state index in [9.17, 15) is 4.79 Å². The van der Waals surface area contributed by atoms with E-state index in [0.29, 0.717) is 11.6 Å². The lowest BCUT2D eigenvalue weighted by molar-refractivity contribution is -0.115. The Hall–Kier alpha value is -1.26. The Labute approximate surface area is 138 Å². The topological polar surface area (TPSA) is 35.6 Å². The van der Waals surface area contributed by atoms with Crippen LogP contribution in [0.25, 0.3) is 0 Å². The van der Waals surface area contributed by atoms with Gasteiger partial charge in [-0.15, -0.1) is 0 Å². The van der Waals surface area contributed by atoms with Gasteiger partial charge in [0.05, 0.1) is 17.9 Å². The van der Waals surface area contributed by atoms with Crippen molar-refractivity contribution >= 4 is 28.9 Å². The van der Waals surface area contributed by atoms with E-state index in [0.717, 1.165) is 37.4 Å². The maximum absolute atomic E-state index is 11.8. The van der Waals surface area contributed by atoms with E-state index in [1.807, 2.05) is 18.2 Å². The number of benzene rings is 1. The first-order valence-electron chi connectivity index (χ1n) is 8.20. The Morgan fingerprint density at radius 1 is 1.23 bits per heavy atom. The number of carbonyl (C=O) groups is 1. The quantitative estimate of drug-likeness (QED) is 0.742. The minimum atomic E-state index is 0.0397. The van der Waals surface area contributed by atoms with E-state index in [1.54, 1.807) is 0 Å². The minimum absolute atomic E-state index is 0.0397. The van der Waals surface area contributed by atoms with Crippen molar-refractivity contribution in [3.8, 4) is 0 Å². The van der Waals surface area contributed by atoms with Crippen LogP contribution in [0, 0.1) is 0 Å². The summed E-state index contributed by atoms with van der Waals surface area (Å²) in [6.45, 7) is 9.17. The Morgan fingerprint density at radius 2 is 2.00 bits per heavy atom. The highest BCUT2D eigenvalue weighted by atomic mass is 35.5. The molecular weight excluding hydrogens is 298 g/mol. The first kappa shape index (κ1) is 17.1. The van der Waals surface area contributed by atoms with Gasteiger partial charge >= 0.3 is 0 Å². The average Bonchev–Trinajstić information content (AvgIpc) is 2.50. The lowest BCUT2D eigenvalue weighted by atomic mass is 10.1. The molecule has 4 nitrogen and oxygen atoms in total. The molecule has 0 aromatic heterocycles. The van der Waals surface area contributed by atoms with Crippen LogP contribution in [0.3, 0.4) is 0 Å². The zero-order chi connectivity index (χ0) is 15.9. The molecule has 2 rings (SSSR count). The highest BCUT2D eigenvalue weighted by Crippen LogP contribution is 2.32. The molecule has 22 heavy (non-hydrogen) atoms. The monoisotopic (exact) mass is 323 g/mol. The summed E-state index contributed by atoms with van der Waals surface area (Å²) < 4.78 is 0. The standard InChI is InChI=1S/C17H26ClN3O/c1-3-20(4-2)10-6-5-7-11-21-13-17(22)19-15-12-14(18)8-9-16(15)21/h8-9,12H,3-7,10-11,13H2,1-2H3,(H,19,22). The van der Waals surface area contributed by atoms with Crippen molar-refractivity contribution in [2.24, 2.45) is 0 Å². The van der Waals surface area contributed by atoms with Crippen molar-refractivity contribution < 1.29 is 4.79 Å². The summed E-state index contributed by atoms with van der Waals surface area (Å²) in [6, 6.07) is 5.69. The summed E-state index contributed by atoms with van der Waals surface area (Å²) in [4.78, 5) is 16.4. The molecule has 0 unspecified atom stereocenters. The van der Waals surface area contributed by atoms with Gasteiger partial charge in [-0.2, -0.15) is 0 Å². The number of rotatable bonds is 8. The third kappa shape index (κ3) is 4.62.